The molecule has 3 fully saturated rings. The number of ether oxygens (including phenoxy) is 1. The summed E-state index contributed by atoms with van der Waals surface area (Å²) in [5, 5.41) is 5.39. The second-order valence-electron chi connectivity index (χ2n) is 7.73. The Bertz CT molecular complexity index is 786. The maximum Gasteiger partial charge on any atom is 0.406 e. The first-order valence-corrected chi connectivity index (χ1v) is 9.25. The second kappa shape index (κ2) is 6.54. The summed E-state index contributed by atoms with van der Waals surface area (Å²) >= 11 is 0. The molecule has 1 saturated heterocycles. The molecule has 2 heterocycles. The molecule has 2 saturated carbocycles. The molecule has 1 spiro atoms. The van der Waals surface area contributed by atoms with Crippen LogP contribution in [0.2, 0.25) is 0 Å². The molecule has 3 aliphatic rings. The molecular weight excluding hydrogens is 363 g/mol. The highest BCUT2D eigenvalue weighted by atomic mass is 19.4. The number of aromatic nitrogens is 1. The standard InChI is InChI=1S/C18H22F3N3O3/c19-18(20,21)10-24-8-3-4-12(15(24)25)22-16(26)23-13-11-5-9-27-14(11)17(13)6-1-2-7-17/h3-4,8,11,13-14H,1-2,5-7,9-10H2,(H2,22,23,26)/t11-,13-,14-/m1/s1. The van der Waals surface area contributed by atoms with E-state index in [2.05, 4.69) is 10.6 Å². The van der Waals surface area contributed by atoms with E-state index in [-0.39, 0.29) is 29.2 Å². The third-order valence-electron chi connectivity index (χ3n) is 6.19. The Labute approximate surface area is 154 Å². The highest BCUT2D eigenvalue weighted by Gasteiger charge is 2.65. The van der Waals surface area contributed by atoms with Crippen LogP contribution in [-0.2, 0) is 11.3 Å². The van der Waals surface area contributed by atoms with E-state index in [1.165, 1.54) is 12.1 Å². The van der Waals surface area contributed by atoms with Crippen LogP contribution in [0.3, 0.4) is 0 Å². The van der Waals surface area contributed by atoms with Gasteiger partial charge in [-0.1, -0.05) is 12.8 Å². The van der Waals surface area contributed by atoms with Gasteiger partial charge in [-0.3, -0.25) is 4.79 Å². The number of hydrogen-bond acceptors (Lipinski definition) is 3. The third kappa shape index (κ3) is 3.22. The normalized spacial score (nSPS) is 28.6. The zero-order chi connectivity index (χ0) is 19.2. The molecule has 0 unspecified atom stereocenters. The van der Waals surface area contributed by atoms with E-state index in [9.17, 15) is 22.8 Å². The highest BCUT2D eigenvalue weighted by Crippen LogP contribution is 2.60. The van der Waals surface area contributed by atoms with Crippen molar-refractivity contribution in [1.82, 2.24) is 9.88 Å². The average Bonchev–Trinajstić information content (AvgIpc) is 3.23. The zero-order valence-electron chi connectivity index (χ0n) is 14.7. The highest BCUT2D eigenvalue weighted by molar-refractivity contribution is 5.89. The molecule has 27 heavy (non-hydrogen) atoms. The summed E-state index contributed by atoms with van der Waals surface area (Å²) in [4.78, 5) is 24.6. The number of nitrogens with zero attached hydrogens (tertiary/aromatic N) is 1. The number of hydrogen-bond donors (Lipinski definition) is 2. The Morgan fingerprint density at radius 1 is 1.33 bits per heavy atom. The van der Waals surface area contributed by atoms with Crippen LogP contribution in [0.5, 0.6) is 0 Å². The third-order valence-corrected chi connectivity index (χ3v) is 6.19. The Kier molecular flexibility index (Phi) is 4.44. The predicted molar refractivity (Wildman–Crippen MR) is 91.4 cm³/mol. The summed E-state index contributed by atoms with van der Waals surface area (Å²) < 4.78 is 44.1. The van der Waals surface area contributed by atoms with E-state index in [0.29, 0.717) is 11.2 Å². The number of halogens is 3. The van der Waals surface area contributed by atoms with Crippen LogP contribution in [0.15, 0.2) is 23.1 Å². The minimum absolute atomic E-state index is 0.0198. The van der Waals surface area contributed by atoms with Crippen molar-refractivity contribution in [2.24, 2.45) is 11.3 Å². The smallest absolute Gasteiger partial charge is 0.377 e. The molecule has 0 radical (unpaired) electrons. The number of amides is 2. The summed E-state index contributed by atoms with van der Waals surface area (Å²) in [6, 6.07) is 2.04. The van der Waals surface area contributed by atoms with Gasteiger partial charge in [-0.15, -0.1) is 0 Å². The largest absolute Gasteiger partial charge is 0.406 e. The molecule has 6 nitrogen and oxygen atoms in total. The van der Waals surface area contributed by atoms with Crippen molar-refractivity contribution in [3.63, 3.8) is 0 Å². The van der Waals surface area contributed by atoms with Gasteiger partial charge in [-0.05, 0) is 31.4 Å². The van der Waals surface area contributed by atoms with Crippen LogP contribution in [-0.4, -0.2) is 35.5 Å². The Hall–Kier alpha value is -2.03. The van der Waals surface area contributed by atoms with Gasteiger partial charge in [0.2, 0.25) is 0 Å². The van der Waals surface area contributed by atoms with Gasteiger partial charge in [0.1, 0.15) is 12.2 Å². The Morgan fingerprint density at radius 3 is 2.78 bits per heavy atom. The van der Waals surface area contributed by atoms with Crippen molar-refractivity contribution < 1.29 is 22.7 Å². The van der Waals surface area contributed by atoms with Gasteiger partial charge in [-0.25, -0.2) is 4.79 Å². The molecule has 2 amide bonds. The molecule has 148 valence electrons. The second-order valence-corrected chi connectivity index (χ2v) is 7.73. The number of anilines is 1. The maximum atomic E-state index is 12.6. The molecular formula is C18H22F3N3O3. The van der Waals surface area contributed by atoms with E-state index < -0.39 is 24.3 Å². The molecule has 4 rings (SSSR count). The lowest BCUT2D eigenvalue weighted by atomic mass is 9.54. The fraction of sp³-hybridized carbons (Fsp3) is 0.667. The molecule has 2 aliphatic carbocycles. The molecule has 1 aromatic heterocycles. The summed E-state index contributed by atoms with van der Waals surface area (Å²) in [5.41, 5.74) is -1.08. The topological polar surface area (TPSA) is 72.4 Å². The molecule has 9 heteroatoms. The van der Waals surface area contributed by atoms with Gasteiger partial charge in [0, 0.05) is 30.2 Å². The minimum Gasteiger partial charge on any atom is -0.377 e. The summed E-state index contributed by atoms with van der Waals surface area (Å²) in [6.07, 6.45) is 1.83. The van der Waals surface area contributed by atoms with Crippen molar-refractivity contribution in [3.8, 4) is 0 Å². The van der Waals surface area contributed by atoms with Gasteiger partial charge in [0.15, 0.2) is 0 Å². The number of nitrogens with one attached hydrogen (secondary N) is 2. The molecule has 0 bridgehead atoms. The van der Waals surface area contributed by atoms with E-state index in [1.54, 1.807) is 0 Å². The molecule has 1 aromatic rings. The van der Waals surface area contributed by atoms with Crippen molar-refractivity contribution in [1.29, 1.82) is 0 Å². The van der Waals surface area contributed by atoms with Crippen LogP contribution >= 0.6 is 0 Å². The van der Waals surface area contributed by atoms with Gasteiger partial charge < -0.3 is 19.9 Å². The molecule has 0 aromatic carbocycles. The van der Waals surface area contributed by atoms with Gasteiger partial charge >= 0.3 is 12.2 Å². The van der Waals surface area contributed by atoms with Crippen LogP contribution < -0.4 is 16.2 Å². The number of carbonyl (C=O) groups is 1. The van der Waals surface area contributed by atoms with Crippen molar-refractivity contribution in [3.05, 3.63) is 28.7 Å². The van der Waals surface area contributed by atoms with Crippen LogP contribution in [0.4, 0.5) is 23.7 Å². The quantitative estimate of drug-likeness (QED) is 0.841. The number of pyridine rings is 1. The van der Waals surface area contributed by atoms with Crippen LogP contribution in [0.25, 0.3) is 0 Å². The Balaban J connectivity index is 1.46. The number of rotatable bonds is 3. The number of urea groups is 1. The van der Waals surface area contributed by atoms with Crippen molar-refractivity contribution >= 4 is 11.7 Å². The van der Waals surface area contributed by atoms with E-state index in [4.69, 9.17) is 4.74 Å². The zero-order valence-corrected chi connectivity index (χ0v) is 14.7. The maximum absolute atomic E-state index is 12.6. The first-order valence-electron chi connectivity index (χ1n) is 9.25. The molecule has 1 aliphatic heterocycles. The number of carbonyl (C=O) groups excluding carboxylic acids is 1. The first-order chi connectivity index (χ1) is 12.8. The van der Waals surface area contributed by atoms with Gasteiger partial charge in [-0.2, -0.15) is 13.2 Å². The lowest BCUT2D eigenvalue weighted by Crippen LogP contribution is -2.68. The molecule has 2 N–H and O–H groups in total. The van der Waals surface area contributed by atoms with Crippen LogP contribution in [0.1, 0.15) is 32.1 Å². The fourth-order valence-corrected chi connectivity index (χ4v) is 5.15. The summed E-state index contributed by atoms with van der Waals surface area (Å²) in [5.74, 6) is 0.270. The number of alkyl halides is 3. The Morgan fingerprint density at radius 2 is 2.07 bits per heavy atom. The van der Waals surface area contributed by atoms with Crippen LogP contribution in [0, 0.1) is 11.3 Å². The SMILES string of the molecule is O=C(Nc1cccn(CC(F)(F)F)c1=O)N[C@@H]1[C@H]2CCO[C@H]2C12CCCC2. The number of fused-ring (bicyclic) bond motifs is 2. The lowest BCUT2D eigenvalue weighted by Gasteiger charge is -2.56. The van der Waals surface area contributed by atoms with E-state index in [0.717, 1.165) is 38.3 Å². The molecule has 3 atom stereocenters. The monoisotopic (exact) mass is 385 g/mol. The van der Waals surface area contributed by atoms with Gasteiger partial charge in [0.05, 0.1) is 6.10 Å². The predicted octanol–water partition coefficient (Wildman–Crippen LogP) is 2.88. The van der Waals surface area contributed by atoms with Gasteiger partial charge in [0.25, 0.3) is 5.56 Å². The lowest BCUT2D eigenvalue weighted by molar-refractivity contribution is -0.141. The minimum atomic E-state index is -4.51. The van der Waals surface area contributed by atoms with E-state index in [1.807, 2.05) is 0 Å². The fourth-order valence-electron chi connectivity index (χ4n) is 5.15. The average molecular weight is 385 g/mol. The van der Waals surface area contributed by atoms with Crippen molar-refractivity contribution in [2.45, 2.75) is 57.0 Å². The van der Waals surface area contributed by atoms with E-state index >= 15 is 0 Å². The summed E-state index contributed by atoms with van der Waals surface area (Å²) in [7, 11) is 0. The van der Waals surface area contributed by atoms with Crippen molar-refractivity contribution in [2.75, 3.05) is 11.9 Å². The summed E-state index contributed by atoms with van der Waals surface area (Å²) in [6.45, 7) is -0.701. The first kappa shape index (κ1) is 18.3.